The fourth-order valence-electron chi connectivity index (χ4n) is 2.70. The number of aliphatic carboxylic acids is 1. The van der Waals surface area contributed by atoms with Gasteiger partial charge in [0.05, 0.1) is 11.0 Å². The van der Waals surface area contributed by atoms with Gasteiger partial charge in [-0.2, -0.15) is 0 Å². The average Bonchev–Trinajstić information content (AvgIpc) is 2.75. The summed E-state index contributed by atoms with van der Waals surface area (Å²) in [6, 6.07) is 5.22. The monoisotopic (exact) mass is 339 g/mol. The molecule has 2 N–H and O–H groups in total. The van der Waals surface area contributed by atoms with Gasteiger partial charge in [-0.1, -0.05) is 18.1 Å². The zero-order valence-electron chi connectivity index (χ0n) is 11.6. The number of carboxylic acid groups (broad SMARTS) is 1. The smallest absolute Gasteiger partial charge is 0.311 e. The fourth-order valence-corrected chi connectivity index (χ4v) is 3.13. The number of carbonyl (C=O) groups excluding carboxylic acids is 1. The molecule has 5 heteroatoms. The Morgan fingerprint density at radius 2 is 2.15 bits per heavy atom. The first-order valence-corrected chi connectivity index (χ1v) is 7.44. The highest BCUT2D eigenvalue weighted by molar-refractivity contribution is 9.10. The number of hydrogen-bond donors (Lipinski definition) is 2. The number of rotatable bonds is 3. The largest absolute Gasteiger partial charge is 0.481 e. The number of nitrogens with one attached hydrogen (secondary N) is 1. The first-order valence-electron chi connectivity index (χ1n) is 6.65. The minimum absolute atomic E-state index is 0.222. The molecule has 108 valence electrons. The molecule has 0 aliphatic heterocycles. The third kappa shape index (κ3) is 2.73. The maximum Gasteiger partial charge on any atom is 0.311 e. The van der Waals surface area contributed by atoms with Crippen LogP contribution in [0.25, 0.3) is 0 Å². The molecule has 0 aromatic heterocycles. The van der Waals surface area contributed by atoms with Crippen LogP contribution in [-0.4, -0.2) is 23.0 Å². The van der Waals surface area contributed by atoms with Gasteiger partial charge in [-0.3, -0.25) is 9.59 Å². The Morgan fingerprint density at radius 1 is 1.45 bits per heavy atom. The molecule has 1 saturated carbocycles. The molecule has 1 aromatic rings. The Labute approximate surface area is 126 Å². The van der Waals surface area contributed by atoms with E-state index in [-0.39, 0.29) is 11.9 Å². The van der Waals surface area contributed by atoms with Crippen molar-refractivity contribution < 1.29 is 14.7 Å². The number of carboxylic acids is 1. The van der Waals surface area contributed by atoms with Crippen LogP contribution in [0.15, 0.2) is 22.7 Å². The minimum Gasteiger partial charge on any atom is -0.481 e. The SMILES string of the molecule is Cc1ccc(Br)c(C(=O)NC2CCCC2(C)C(=O)O)c1. The van der Waals surface area contributed by atoms with E-state index in [0.29, 0.717) is 18.4 Å². The predicted octanol–water partition coefficient (Wildman–Crippen LogP) is 3.13. The molecule has 0 bridgehead atoms. The predicted molar refractivity (Wildman–Crippen MR) is 79.7 cm³/mol. The van der Waals surface area contributed by atoms with Crippen LogP contribution in [0.3, 0.4) is 0 Å². The zero-order valence-corrected chi connectivity index (χ0v) is 13.2. The number of carbonyl (C=O) groups is 2. The summed E-state index contributed by atoms with van der Waals surface area (Å²) >= 11 is 3.36. The standard InChI is InChI=1S/C15H18BrNO3/c1-9-5-6-11(16)10(8-9)13(18)17-12-4-3-7-15(12,2)14(19)20/h5-6,8,12H,3-4,7H2,1-2H3,(H,17,18)(H,19,20). The molecule has 0 heterocycles. The van der Waals surface area contributed by atoms with Crippen LogP contribution in [-0.2, 0) is 4.79 Å². The minimum atomic E-state index is -0.869. The van der Waals surface area contributed by atoms with E-state index in [9.17, 15) is 14.7 Å². The Bertz CT molecular complexity index is 558. The molecule has 1 aliphatic carbocycles. The van der Waals surface area contributed by atoms with Crippen molar-refractivity contribution in [1.29, 1.82) is 0 Å². The van der Waals surface area contributed by atoms with Crippen molar-refractivity contribution >= 4 is 27.8 Å². The van der Waals surface area contributed by atoms with E-state index < -0.39 is 11.4 Å². The van der Waals surface area contributed by atoms with Crippen molar-refractivity contribution in [2.75, 3.05) is 0 Å². The van der Waals surface area contributed by atoms with Gasteiger partial charge in [0.1, 0.15) is 0 Å². The molecular formula is C15H18BrNO3. The lowest BCUT2D eigenvalue weighted by Gasteiger charge is -2.27. The molecule has 1 amide bonds. The lowest BCUT2D eigenvalue weighted by molar-refractivity contribution is -0.148. The molecule has 2 atom stereocenters. The molecule has 1 aliphatic rings. The lowest BCUT2D eigenvalue weighted by atomic mass is 9.85. The van der Waals surface area contributed by atoms with Crippen molar-refractivity contribution in [3.05, 3.63) is 33.8 Å². The summed E-state index contributed by atoms with van der Waals surface area (Å²) < 4.78 is 0.718. The van der Waals surface area contributed by atoms with E-state index in [1.165, 1.54) is 0 Å². The summed E-state index contributed by atoms with van der Waals surface area (Å²) in [5.41, 5.74) is 0.668. The second-order valence-electron chi connectivity index (χ2n) is 5.62. The van der Waals surface area contributed by atoms with E-state index in [0.717, 1.165) is 16.5 Å². The highest BCUT2D eigenvalue weighted by atomic mass is 79.9. The highest BCUT2D eigenvalue weighted by Crippen LogP contribution is 2.38. The summed E-state index contributed by atoms with van der Waals surface area (Å²) in [7, 11) is 0. The van der Waals surface area contributed by atoms with Crippen molar-refractivity contribution in [3.63, 3.8) is 0 Å². The Morgan fingerprint density at radius 3 is 2.80 bits per heavy atom. The van der Waals surface area contributed by atoms with Gasteiger partial charge in [0.25, 0.3) is 5.91 Å². The molecule has 4 nitrogen and oxygen atoms in total. The molecule has 0 spiro atoms. The molecule has 1 fully saturated rings. The van der Waals surface area contributed by atoms with E-state index in [4.69, 9.17) is 0 Å². The number of hydrogen-bond acceptors (Lipinski definition) is 2. The van der Waals surface area contributed by atoms with Gasteiger partial charge in [-0.25, -0.2) is 0 Å². The molecule has 2 rings (SSSR count). The first-order chi connectivity index (χ1) is 9.34. The summed E-state index contributed by atoms with van der Waals surface area (Å²) in [5.74, 6) is -1.07. The van der Waals surface area contributed by atoms with Gasteiger partial charge in [-0.05, 0) is 54.8 Å². The van der Waals surface area contributed by atoms with Crippen LogP contribution in [0.5, 0.6) is 0 Å². The van der Waals surface area contributed by atoms with Crippen LogP contribution >= 0.6 is 15.9 Å². The van der Waals surface area contributed by atoms with Crippen LogP contribution in [0.2, 0.25) is 0 Å². The van der Waals surface area contributed by atoms with Gasteiger partial charge in [0, 0.05) is 10.5 Å². The normalized spacial score (nSPS) is 25.4. The first kappa shape index (κ1) is 15.0. The second-order valence-corrected chi connectivity index (χ2v) is 6.48. The Hall–Kier alpha value is -1.36. The summed E-state index contributed by atoms with van der Waals surface area (Å²) in [4.78, 5) is 23.8. The summed E-state index contributed by atoms with van der Waals surface area (Å²) in [5, 5.41) is 12.2. The van der Waals surface area contributed by atoms with Gasteiger partial charge in [0.2, 0.25) is 0 Å². The summed E-state index contributed by atoms with van der Waals surface area (Å²) in [6.07, 6.45) is 2.13. The highest BCUT2D eigenvalue weighted by Gasteiger charge is 2.46. The van der Waals surface area contributed by atoms with Crippen molar-refractivity contribution in [3.8, 4) is 0 Å². The molecular weight excluding hydrogens is 322 g/mol. The Balaban J connectivity index is 2.19. The molecule has 0 saturated heterocycles. The van der Waals surface area contributed by atoms with Gasteiger partial charge in [0.15, 0.2) is 0 Å². The van der Waals surface area contributed by atoms with Crippen molar-refractivity contribution in [1.82, 2.24) is 5.32 Å². The van der Waals surface area contributed by atoms with E-state index in [1.807, 2.05) is 19.1 Å². The third-order valence-electron chi connectivity index (χ3n) is 4.12. The molecule has 0 radical (unpaired) electrons. The van der Waals surface area contributed by atoms with E-state index in [1.54, 1.807) is 13.0 Å². The second kappa shape index (κ2) is 5.56. The average molecular weight is 340 g/mol. The Kier molecular flexibility index (Phi) is 4.18. The van der Waals surface area contributed by atoms with Crippen LogP contribution in [0.1, 0.15) is 42.1 Å². The number of halogens is 1. The third-order valence-corrected chi connectivity index (χ3v) is 4.81. The number of aryl methyl sites for hydroxylation is 1. The topological polar surface area (TPSA) is 66.4 Å². The quantitative estimate of drug-likeness (QED) is 0.888. The van der Waals surface area contributed by atoms with Crippen molar-refractivity contribution in [2.24, 2.45) is 5.41 Å². The zero-order chi connectivity index (χ0) is 14.9. The fraction of sp³-hybridized carbons (Fsp3) is 0.467. The molecule has 20 heavy (non-hydrogen) atoms. The van der Waals surface area contributed by atoms with Crippen LogP contribution < -0.4 is 5.32 Å². The molecule has 1 aromatic carbocycles. The summed E-state index contributed by atoms with van der Waals surface area (Å²) in [6.45, 7) is 3.62. The molecule has 2 unspecified atom stereocenters. The maximum atomic E-state index is 12.4. The van der Waals surface area contributed by atoms with Gasteiger partial charge >= 0.3 is 5.97 Å². The van der Waals surface area contributed by atoms with Gasteiger partial charge < -0.3 is 10.4 Å². The number of amides is 1. The van der Waals surface area contributed by atoms with Crippen molar-refractivity contribution in [2.45, 2.75) is 39.2 Å². The maximum absolute atomic E-state index is 12.4. The van der Waals surface area contributed by atoms with Gasteiger partial charge in [-0.15, -0.1) is 0 Å². The lowest BCUT2D eigenvalue weighted by Crippen LogP contribution is -2.47. The van der Waals surface area contributed by atoms with E-state index >= 15 is 0 Å². The van der Waals surface area contributed by atoms with Crippen LogP contribution in [0, 0.1) is 12.3 Å². The van der Waals surface area contributed by atoms with E-state index in [2.05, 4.69) is 21.2 Å². The van der Waals surface area contributed by atoms with Crippen LogP contribution in [0.4, 0.5) is 0 Å². The number of benzene rings is 1.